The van der Waals surface area contributed by atoms with Crippen molar-refractivity contribution in [1.82, 2.24) is 0 Å². The zero-order chi connectivity index (χ0) is 15.3. The molecule has 0 spiro atoms. The zero-order valence-corrected chi connectivity index (χ0v) is 12.3. The molecule has 0 fully saturated rings. The Bertz CT molecular complexity index is 479. The van der Waals surface area contributed by atoms with Gasteiger partial charge in [0, 0.05) is 12.8 Å². The zero-order valence-electron chi connectivity index (χ0n) is 12.3. The molecule has 0 radical (unpaired) electrons. The Morgan fingerprint density at radius 1 is 1.30 bits per heavy atom. The SMILES string of the molecule is COC(C)(C)C(=O)Nc1ccc(C[C@H](C)C(=O)O)cc1. The molecule has 0 saturated carbocycles. The van der Waals surface area contributed by atoms with Gasteiger partial charge in [0.2, 0.25) is 0 Å². The maximum atomic E-state index is 11.9. The van der Waals surface area contributed by atoms with Gasteiger partial charge in [0.1, 0.15) is 5.60 Å². The third-order valence-corrected chi connectivity index (χ3v) is 3.23. The molecule has 1 atom stereocenters. The molecule has 0 aliphatic rings. The van der Waals surface area contributed by atoms with Gasteiger partial charge in [0.25, 0.3) is 5.91 Å². The Labute approximate surface area is 118 Å². The Morgan fingerprint density at radius 3 is 2.30 bits per heavy atom. The van der Waals surface area contributed by atoms with Gasteiger partial charge in [0.05, 0.1) is 5.92 Å². The molecule has 2 N–H and O–H groups in total. The van der Waals surface area contributed by atoms with E-state index in [1.165, 1.54) is 7.11 Å². The van der Waals surface area contributed by atoms with E-state index in [1.54, 1.807) is 32.9 Å². The molecule has 0 aliphatic heterocycles. The van der Waals surface area contributed by atoms with Gasteiger partial charge in [-0.05, 0) is 38.0 Å². The predicted octanol–water partition coefficient (Wildman–Crippen LogP) is 2.31. The van der Waals surface area contributed by atoms with Crippen LogP contribution in [-0.2, 0) is 20.7 Å². The molecule has 1 rings (SSSR count). The van der Waals surface area contributed by atoms with Crippen molar-refractivity contribution in [2.45, 2.75) is 32.8 Å². The first-order valence-corrected chi connectivity index (χ1v) is 6.44. The van der Waals surface area contributed by atoms with Crippen LogP contribution < -0.4 is 5.32 Å². The molecule has 5 heteroatoms. The van der Waals surface area contributed by atoms with Crippen LogP contribution in [0.3, 0.4) is 0 Å². The van der Waals surface area contributed by atoms with Crippen molar-refractivity contribution in [3.05, 3.63) is 29.8 Å². The molecular formula is C15H21NO4. The fraction of sp³-hybridized carbons (Fsp3) is 0.467. The lowest BCUT2D eigenvalue weighted by molar-refractivity contribution is -0.141. The van der Waals surface area contributed by atoms with Gasteiger partial charge in [-0.15, -0.1) is 0 Å². The lowest BCUT2D eigenvalue weighted by atomic mass is 10.0. The fourth-order valence-electron chi connectivity index (χ4n) is 1.54. The number of carbonyl (C=O) groups excluding carboxylic acids is 1. The number of hydrogen-bond acceptors (Lipinski definition) is 3. The average molecular weight is 279 g/mol. The molecular weight excluding hydrogens is 258 g/mol. The summed E-state index contributed by atoms with van der Waals surface area (Å²) in [6.45, 7) is 5.04. The summed E-state index contributed by atoms with van der Waals surface area (Å²) in [5.74, 6) is -1.47. The Balaban J connectivity index is 2.68. The third kappa shape index (κ3) is 4.35. The maximum Gasteiger partial charge on any atom is 0.306 e. The van der Waals surface area contributed by atoms with Crippen LogP contribution in [-0.4, -0.2) is 29.7 Å². The van der Waals surface area contributed by atoms with E-state index in [2.05, 4.69) is 5.32 Å². The summed E-state index contributed by atoms with van der Waals surface area (Å²) in [7, 11) is 1.48. The fourth-order valence-corrected chi connectivity index (χ4v) is 1.54. The van der Waals surface area contributed by atoms with Gasteiger partial charge in [-0.3, -0.25) is 9.59 Å². The standard InChI is InChI=1S/C15H21NO4/c1-10(13(17)18)9-11-5-7-12(8-6-11)16-14(19)15(2,3)20-4/h5-8,10H,9H2,1-4H3,(H,16,19)(H,17,18)/t10-/m0/s1. The molecule has 1 amide bonds. The van der Waals surface area contributed by atoms with E-state index in [0.717, 1.165) is 5.56 Å². The number of rotatable bonds is 6. The summed E-state index contributed by atoms with van der Waals surface area (Å²) in [5, 5.41) is 11.6. The van der Waals surface area contributed by atoms with E-state index in [1.807, 2.05) is 12.1 Å². The highest BCUT2D eigenvalue weighted by atomic mass is 16.5. The van der Waals surface area contributed by atoms with Crippen LogP contribution in [0, 0.1) is 5.92 Å². The number of carboxylic acid groups (broad SMARTS) is 1. The summed E-state index contributed by atoms with van der Waals surface area (Å²) in [5.41, 5.74) is 0.687. The topological polar surface area (TPSA) is 75.6 Å². The molecule has 20 heavy (non-hydrogen) atoms. The molecule has 110 valence electrons. The van der Waals surface area contributed by atoms with Crippen LogP contribution in [0.4, 0.5) is 5.69 Å². The summed E-state index contributed by atoms with van der Waals surface area (Å²) in [6.07, 6.45) is 0.465. The highest BCUT2D eigenvalue weighted by Gasteiger charge is 2.26. The summed E-state index contributed by atoms with van der Waals surface area (Å²) >= 11 is 0. The molecule has 1 aromatic carbocycles. The molecule has 0 saturated heterocycles. The van der Waals surface area contributed by atoms with E-state index in [4.69, 9.17) is 9.84 Å². The number of benzene rings is 1. The molecule has 5 nitrogen and oxygen atoms in total. The number of amides is 1. The minimum Gasteiger partial charge on any atom is -0.481 e. The summed E-state index contributed by atoms with van der Waals surface area (Å²) in [6, 6.07) is 7.14. The molecule has 1 aromatic rings. The van der Waals surface area contributed by atoms with Crippen LogP contribution in [0.25, 0.3) is 0 Å². The molecule has 0 bridgehead atoms. The van der Waals surface area contributed by atoms with Crippen molar-refractivity contribution >= 4 is 17.6 Å². The highest BCUT2D eigenvalue weighted by Crippen LogP contribution is 2.16. The minimum absolute atomic E-state index is 0.230. The van der Waals surface area contributed by atoms with Gasteiger partial charge < -0.3 is 15.2 Å². The van der Waals surface area contributed by atoms with Crippen LogP contribution in [0.2, 0.25) is 0 Å². The number of nitrogens with one attached hydrogen (secondary N) is 1. The second kappa shape index (κ2) is 6.52. The van der Waals surface area contributed by atoms with E-state index >= 15 is 0 Å². The smallest absolute Gasteiger partial charge is 0.306 e. The second-order valence-electron chi connectivity index (χ2n) is 5.31. The summed E-state index contributed by atoms with van der Waals surface area (Å²) < 4.78 is 5.10. The average Bonchev–Trinajstić information content (AvgIpc) is 2.40. The number of methoxy groups -OCH3 is 1. The van der Waals surface area contributed by atoms with Crippen molar-refractivity contribution in [3.63, 3.8) is 0 Å². The number of hydrogen-bond donors (Lipinski definition) is 2. The van der Waals surface area contributed by atoms with Gasteiger partial charge >= 0.3 is 5.97 Å². The van der Waals surface area contributed by atoms with Crippen LogP contribution in [0.15, 0.2) is 24.3 Å². The number of aliphatic carboxylic acids is 1. The normalized spacial score (nSPS) is 12.8. The Morgan fingerprint density at radius 2 is 1.85 bits per heavy atom. The van der Waals surface area contributed by atoms with Gasteiger partial charge in [-0.25, -0.2) is 0 Å². The largest absolute Gasteiger partial charge is 0.481 e. The summed E-state index contributed by atoms with van der Waals surface area (Å²) in [4.78, 5) is 22.7. The predicted molar refractivity (Wildman–Crippen MR) is 76.7 cm³/mol. The highest BCUT2D eigenvalue weighted by molar-refractivity contribution is 5.96. The lowest BCUT2D eigenvalue weighted by Gasteiger charge is -2.21. The monoisotopic (exact) mass is 279 g/mol. The number of ether oxygens (including phenoxy) is 1. The third-order valence-electron chi connectivity index (χ3n) is 3.23. The lowest BCUT2D eigenvalue weighted by Crippen LogP contribution is -2.38. The second-order valence-corrected chi connectivity index (χ2v) is 5.31. The van der Waals surface area contributed by atoms with E-state index in [9.17, 15) is 9.59 Å². The van der Waals surface area contributed by atoms with Gasteiger partial charge in [-0.1, -0.05) is 19.1 Å². The first-order chi connectivity index (χ1) is 9.26. The van der Waals surface area contributed by atoms with Gasteiger partial charge in [-0.2, -0.15) is 0 Å². The van der Waals surface area contributed by atoms with Crippen molar-refractivity contribution < 1.29 is 19.4 Å². The van der Waals surface area contributed by atoms with Crippen LogP contribution in [0.5, 0.6) is 0 Å². The quantitative estimate of drug-likeness (QED) is 0.838. The molecule has 0 heterocycles. The van der Waals surface area contributed by atoms with Crippen molar-refractivity contribution in [2.24, 2.45) is 5.92 Å². The Kier molecular flexibility index (Phi) is 5.27. The van der Waals surface area contributed by atoms with E-state index in [-0.39, 0.29) is 5.91 Å². The van der Waals surface area contributed by atoms with Gasteiger partial charge in [0.15, 0.2) is 0 Å². The van der Waals surface area contributed by atoms with Crippen molar-refractivity contribution in [3.8, 4) is 0 Å². The molecule has 0 aromatic heterocycles. The first kappa shape index (κ1) is 16.2. The Hall–Kier alpha value is -1.88. The van der Waals surface area contributed by atoms with E-state index < -0.39 is 17.5 Å². The van der Waals surface area contributed by atoms with Crippen LogP contribution >= 0.6 is 0 Å². The maximum absolute atomic E-state index is 11.9. The van der Waals surface area contributed by atoms with Crippen molar-refractivity contribution in [1.29, 1.82) is 0 Å². The van der Waals surface area contributed by atoms with Crippen LogP contribution in [0.1, 0.15) is 26.3 Å². The number of carbonyl (C=O) groups is 2. The number of anilines is 1. The minimum atomic E-state index is -0.892. The number of carboxylic acids is 1. The molecule has 0 unspecified atom stereocenters. The molecule has 0 aliphatic carbocycles. The van der Waals surface area contributed by atoms with E-state index in [0.29, 0.717) is 12.1 Å². The first-order valence-electron chi connectivity index (χ1n) is 6.44. The van der Waals surface area contributed by atoms with Crippen molar-refractivity contribution in [2.75, 3.05) is 12.4 Å².